The second kappa shape index (κ2) is 4.91. The zero-order valence-electron chi connectivity index (χ0n) is 9.13. The SMILES string of the molecule is Cc1ccc(C(Br)c2ccc(C)c(Cl)c2)s1. The zero-order chi connectivity index (χ0) is 11.7. The highest BCUT2D eigenvalue weighted by molar-refractivity contribution is 9.09. The second-order valence-electron chi connectivity index (χ2n) is 3.82. The Morgan fingerprint density at radius 2 is 1.94 bits per heavy atom. The van der Waals surface area contributed by atoms with Crippen molar-refractivity contribution in [1.82, 2.24) is 0 Å². The van der Waals surface area contributed by atoms with Crippen molar-refractivity contribution in [3.63, 3.8) is 0 Å². The lowest BCUT2D eigenvalue weighted by Gasteiger charge is -2.09. The molecule has 1 heterocycles. The van der Waals surface area contributed by atoms with Gasteiger partial charge in [-0.1, -0.05) is 39.7 Å². The molecule has 0 nitrogen and oxygen atoms in total. The average Bonchev–Trinajstić information content (AvgIpc) is 2.68. The van der Waals surface area contributed by atoms with Crippen molar-refractivity contribution in [3.05, 3.63) is 56.2 Å². The summed E-state index contributed by atoms with van der Waals surface area (Å²) in [7, 11) is 0. The molecule has 3 heteroatoms. The maximum Gasteiger partial charge on any atom is 0.0738 e. The van der Waals surface area contributed by atoms with Gasteiger partial charge < -0.3 is 0 Å². The number of thiophene rings is 1. The fourth-order valence-electron chi connectivity index (χ4n) is 1.52. The third-order valence-corrected chi connectivity index (χ3v) is 5.30. The first-order valence-electron chi connectivity index (χ1n) is 5.04. The third kappa shape index (κ3) is 2.50. The molecule has 0 saturated carbocycles. The molecule has 1 aromatic carbocycles. The van der Waals surface area contributed by atoms with E-state index in [2.05, 4.69) is 47.1 Å². The van der Waals surface area contributed by atoms with Crippen LogP contribution in [0, 0.1) is 13.8 Å². The van der Waals surface area contributed by atoms with E-state index in [9.17, 15) is 0 Å². The fraction of sp³-hybridized carbons (Fsp3) is 0.231. The van der Waals surface area contributed by atoms with Crippen LogP contribution in [0.25, 0.3) is 0 Å². The summed E-state index contributed by atoms with van der Waals surface area (Å²) in [6.07, 6.45) is 0. The Morgan fingerprint density at radius 3 is 2.50 bits per heavy atom. The second-order valence-corrected chi connectivity index (χ2v) is 6.46. The van der Waals surface area contributed by atoms with Crippen LogP contribution in [-0.4, -0.2) is 0 Å². The predicted octanol–water partition coefficient (Wildman–Crippen LogP) is 5.50. The molecule has 0 aliphatic rings. The Labute approximate surface area is 113 Å². The van der Waals surface area contributed by atoms with Crippen molar-refractivity contribution in [2.24, 2.45) is 0 Å². The Balaban J connectivity index is 2.33. The van der Waals surface area contributed by atoms with Crippen LogP contribution in [0.3, 0.4) is 0 Å². The highest BCUT2D eigenvalue weighted by atomic mass is 79.9. The maximum atomic E-state index is 6.13. The quantitative estimate of drug-likeness (QED) is 0.642. The molecule has 0 saturated heterocycles. The van der Waals surface area contributed by atoms with E-state index < -0.39 is 0 Å². The normalized spacial score (nSPS) is 12.8. The van der Waals surface area contributed by atoms with Crippen LogP contribution >= 0.6 is 38.9 Å². The Hall–Kier alpha value is -0.310. The van der Waals surface area contributed by atoms with E-state index in [1.54, 1.807) is 0 Å². The van der Waals surface area contributed by atoms with E-state index in [0.717, 1.165) is 10.6 Å². The van der Waals surface area contributed by atoms with Gasteiger partial charge in [0.15, 0.2) is 0 Å². The van der Waals surface area contributed by atoms with Gasteiger partial charge in [-0.2, -0.15) is 0 Å². The number of aryl methyl sites for hydroxylation is 2. The van der Waals surface area contributed by atoms with Gasteiger partial charge in [0.1, 0.15) is 0 Å². The molecule has 0 amide bonds. The van der Waals surface area contributed by atoms with Crippen molar-refractivity contribution in [1.29, 1.82) is 0 Å². The third-order valence-electron chi connectivity index (χ3n) is 2.50. The van der Waals surface area contributed by atoms with Crippen molar-refractivity contribution in [2.45, 2.75) is 18.7 Å². The highest BCUT2D eigenvalue weighted by Gasteiger charge is 2.12. The van der Waals surface area contributed by atoms with E-state index in [-0.39, 0.29) is 4.83 Å². The van der Waals surface area contributed by atoms with Crippen molar-refractivity contribution >= 4 is 38.9 Å². The lowest BCUT2D eigenvalue weighted by molar-refractivity contribution is 1.22. The number of benzene rings is 1. The van der Waals surface area contributed by atoms with Crippen LogP contribution in [0.5, 0.6) is 0 Å². The molecular formula is C13H12BrClS. The minimum Gasteiger partial charge on any atom is -0.144 e. The highest BCUT2D eigenvalue weighted by Crippen LogP contribution is 2.36. The summed E-state index contributed by atoms with van der Waals surface area (Å²) in [6, 6.07) is 10.5. The molecule has 1 atom stereocenters. The van der Waals surface area contributed by atoms with Gasteiger partial charge in [-0.25, -0.2) is 0 Å². The average molecular weight is 316 g/mol. The molecule has 0 fully saturated rings. The number of alkyl halides is 1. The van der Waals surface area contributed by atoms with E-state index >= 15 is 0 Å². The summed E-state index contributed by atoms with van der Waals surface area (Å²) in [5.41, 5.74) is 2.32. The number of hydrogen-bond donors (Lipinski definition) is 0. The van der Waals surface area contributed by atoms with E-state index in [1.165, 1.54) is 15.3 Å². The molecule has 0 bridgehead atoms. The molecule has 0 aliphatic carbocycles. The van der Waals surface area contributed by atoms with Gasteiger partial charge >= 0.3 is 0 Å². The lowest BCUT2D eigenvalue weighted by Crippen LogP contribution is -1.90. The maximum absolute atomic E-state index is 6.13. The van der Waals surface area contributed by atoms with Crippen LogP contribution in [-0.2, 0) is 0 Å². The van der Waals surface area contributed by atoms with Crippen LogP contribution < -0.4 is 0 Å². The largest absolute Gasteiger partial charge is 0.144 e. The van der Waals surface area contributed by atoms with Gasteiger partial charge in [-0.05, 0) is 43.2 Å². The van der Waals surface area contributed by atoms with Crippen LogP contribution in [0.1, 0.15) is 25.7 Å². The van der Waals surface area contributed by atoms with E-state index in [4.69, 9.17) is 11.6 Å². The zero-order valence-corrected chi connectivity index (χ0v) is 12.3. The fourth-order valence-corrected chi connectivity index (χ4v) is 3.31. The first-order chi connectivity index (χ1) is 7.58. The van der Waals surface area contributed by atoms with Gasteiger partial charge in [0.2, 0.25) is 0 Å². The minimum absolute atomic E-state index is 0.240. The Morgan fingerprint density at radius 1 is 1.19 bits per heavy atom. The molecule has 1 aromatic heterocycles. The molecule has 16 heavy (non-hydrogen) atoms. The molecule has 0 spiro atoms. The molecule has 0 aliphatic heterocycles. The molecular weight excluding hydrogens is 304 g/mol. The first-order valence-corrected chi connectivity index (χ1v) is 7.15. The van der Waals surface area contributed by atoms with E-state index in [1.807, 2.05) is 24.3 Å². The van der Waals surface area contributed by atoms with Crippen LogP contribution in [0.15, 0.2) is 30.3 Å². The van der Waals surface area contributed by atoms with Crippen LogP contribution in [0.4, 0.5) is 0 Å². The van der Waals surface area contributed by atoms with Gasteiger partial charge in [0.05, 0.1) is 4.83 Å². The monoisotopic (exact) mass is 314 g/mol. The van der Waals surface area contributed by atoms with Crippen molar-refractivity contribution in [2.75, 3.05) is 0 Å². The summed E-state index contributed by atoms with van der Waals surface area (Å²) in [5.74, 6) is 0. The summed E-state index contributed by atoms with van der Waals surface area (Å²) in [5, 5.41) is 0.829. The number of hydrogen-bond acceptors (Lipinski definition) is 1. The lowest BCUT2D eigenvalue weighted by atomic mass is 10.1. The molecule has 84 valence electrons. The summed E-state index contributed by atoms with van der Waals surface area (Å²) in [6.45, 7) is 4.14. The first kappa shape index (κ1) is 12.2. The summed E-state index contributed by atoms with van der Waals surface area (Å²) in [4.78, 5) is 2.89. The van der Waals surface area contributed by atoms with Gasteiger partial charge in [-0.15, -0.1) is 11.3 Å². The minimum atomic E-state index is 0.240. The number of rotatable bonds is 2. The molecule has 2 aromatic rings. The molecule has 1 unspecified atom stereocenters. The Bertz CT molecular complexity index is 504. The molecule has 0 N–H and O–H groups in total. The summed E-state index contributed by atoms with van der Waals surface area (Å²) < 4.78 is 0. The molecule has 0 radical (unpaired) electrons. The number of halogens is 2. The van der Waals surface area contributed by atoms with E-state index in [0.29, 0.717) is 0 Å². The van der Waals surface area contributed by atoms with Crippen molar-refractivity contribution in [3.8, 4) is 0 Å². The predicted molar refractivity (Wildman–Crippen MR) is 76.0 cm³/mol. The van der Waals surface area contributed by atoms with Gasteiger partial charge in [0.25, 0.3) is 0 Å². The van der Waals surface area contributed by atoms with Crippen LogP contribution in [0.2, 0.25) is 5.02 Å². The van der Waals surface area contributed by atoms with Gasteiger partial charge in [0, 0.05) is 14.8 Å². The topological polar surface area (TPSA) is 0 Å². The summed E-state index contributed by atoms with van der Waals surface area (Å²) >= 11 is 11.7. The smallest absolute Gasteiger partial charge is 0.0738 e. The molecule has 2 rings (SSSR count). The Kier molecular flexibility index (Phi) is 3.73. The van der Waals surface area contributed by atoms with Gasteiger partial charge in [-0.3, -0.25) is 0 Å². The van der Waals surface area contributed by atoms with Crippen molar-refractivity contribution < 1.29 is 0 Å². The standard InChI is InChI=1S/C13H12BrClS/c1-8-3-5-10(7-11(8)15)13(14)12-6-4-9(2)16-12/h3-7,13H,1-2H3.